The summed E-state index contributed by atoms with van der Waals surface area (Å²) in [7, 11) is 1.80. The van der Waals surface area contributed by atoms with Crippen LogP contribution < -0.4 is 10.6 Å². The van der Waals surface area contributed by atoms with Gasteiger partial charge in [-0.1, -0.05) is 0 Å². The van der Waals surface area contributed by atoms with Crippen molar-refractivity contribution in [3.63, 3.8) is 0 Å². The summed E-state index contributed by atoms with van der Waals surface area (Å²) < 4.78 is 13.2. The molecule has 17 heavy (non-hydrogen) atoms. The highest BCUT2D eigenvalue weighted by Gasteiger charge is 2.00. The smallest absolute Gasteiger partial charge is 0.127 e. The Bertz CT molecular complexity index is 506. The number of hydrogen-bond donors (Lipinski definition) is 2. The Morgan fingerprint density at radius 3 is 2.65 bits per heavy atom. The summed E-state index contributed by atoms with van der Waals surface area (Å²) in [5, 5.41) is 6.09. The fourth-order valence-electron chi connectivity index (χ4n) is 1.62. The van der Waals surface area contributed by atoms with Crippen LogP contribution in [0.1, 0.15) is 5.56 Å². The third kappa shape index (κ3) is 2.93. The molecule has 3 nitrogen and oxygen atoms in total. The number of hydrogen-bond acceptors (Lipinski definition) is 3. The van der Waals surface area contributed by atoms with Gasteiger partial charge in [0, 0.05) is 30.7 Å². The van der Waals surface area contributed by atoms with Crippen LogP contribution in [0.4, 0.5) is 21.6 Å². The Labute approximate surface area is 99.7 Å². The molecule has 0 unspecified atom stereocenters. The van der Waals surface area contributed by atoms with Gasteiger partial charge in [-0.3, -0.25) is 0 Å². The van der Waals surface area contributed by atoms with Gasteiger partial charge in [0.2, 0.25) is 0 Å². The lowest BCUT2D eigenvalue weighted by atomic mass is 10.2. The molecule has 1 heterocycles. The molecular weight excluding hydrogens is 217 g/mol. The number of aromatic nitrogens is 1. The zero-order valence-corrected chi connectivity index (χ0v) is 9.79. The second kappa shape index (κ2) is 4.82. The molecule has 0 fully saturated rings. The molecule has 0 spiro atoms. The number of halogens is 1. The van der Waals surface area contributed by atoms with Crippen LogP contribution in [0.5, 0.6) is 0 Å². The summed E-state index contributed by atoms with van der Waals surface area (Å²) in [6, 6.07) is 8.55. The van der Waals surface area contributed by atoms with E-state index in [-0.39, 0.29) is 5.82 Å². The number of aryl methyl sites for hydroxylation is 1. The number of anilines is 3. The second-order valence-electron chi connectivity index (χ2n) is 3.82. The molecule has 0 amide bonds. The zero-order chi connectivity index (χ0) is 12.3. The van der Waals surface area contributed by atoms with Crippen LogP contribution in [-0.4, -0.2) is 12.0 Å². The summed E-state index contributed by atoms with van der Waals surface area (Å²) in [6.07, 6.45) is 1.69. The molecule has 1 aromatic carbocycles. The molecule has 2 aromatic rings. The number of nitrogens with one attached hydrogen (secondary N) is 2. The van der Waals surface area contributed by atoms with Crippen molar-refractivity contribution in [2.45, 2.75) is 6.92 Å². The van der Waals surface area contributed by atoms with E-state index in [1.807, 2.05) is 25.1 Å². The van der Waals surface area contributed by atoms with Crippen molar-refractivity contribution < 1.29 is 4.39 Å². The molecule has 0 aliphatic rings. The first-order chi connectivity index (χ1) is 8.17. The van der Waals surface area contributed by atoms with E-state index in [0.29, 0.717) is 0 Å². The molecule has 2 N–H and O–H groups in total. The normalized spacial score (nSPS) is 10.1. The average Bonchev–Trinajstić information content (AvgIpc) is 2.28. The Balaban J connectivity index is 2.24. The first kappa shape index (κ1) is 11.4. The van der Waals surface area contributed by atoms with Crippen molar-refractivity contribution in [1.29, 1.82) is 0 Å². The van der Waals surface area contributed by atoms with Crippen LogP contribution in [0.15, 0.2) is 36.5 Å². The first-order valence-corrected chi connectivity index (χ1v) is 5.35. The van der Waals surface area contributed by atoms with E-state index >= 15 is 0 Å². The van der Waals surface area contributed by atoms with Crippen LogP contribution in [0, 0.1) is 12.7 Å². The van der Waals surface area contributed by atoms with Gasteiger partial charge in [0.05, 0.1) is 0 Å². The highest BCUT2D eigenvalue weighted by Crippen LogP contribution is 2.20. The van der Waals surface area contributed by atoms with Crippen molar-refractivity contribution >= 4 is 17.2 Å². The lowest BCUT2D eigenvalue weighted by Crippen LogP contribution is -1.96. The standard InChI is InChI=1S/C13H14FN3/c1-9-5-10(14)7-12(6-9)17-11-3-4-16-13(8-11)15-2/h3-8H,1-2H3,(H2,15,16,17). The highest BCUT2D eigenvalue weighted by molar-refractivity contribution is 5.62. The quantitative estimate of drug-likeness (QED) is 0.850. The molecule has 0 saturated heterocycles. The van der Waals surface area contributed by atoms with Gasteiger partial charge in [0.25, 0.3) is 0 Å². The molecule has 0 bridgehead atoms. The van der Waals surface area contributed by atoms with Gasteiger partial charge in [-0.05, 0) is 36.8 Å². The molecule has 0 radical (unpaired) electrons. The van der Waals surface area contributed by atoms with Crippen LogP contribution >= 0.6 is 0 Å². The van der Waals surface area contributed by atoms with Gasteiger partial charge in [0.15, 0.2) is 0 Å². The molecule has 0 atom stereocenters. The Morgan fingerprint density at radius 2 is 1.94 bits per heavy atom. The Kier molecular flexibility index (Phi) is 3.23. The second-order valence-corrected chi connectivity index (χ2v) is 3.82. The summed E-state index contributed by atoms with van der Waals surface area (Å²) in [4.78, 5) is 4.11. The third-order valence-corrected chi connectivity index (χ3v) is 2.35. The van der Waals surface area contributed by atoms with Gasteiger partial charge in [-0.2, -0.15) is 0 Å². The Morgan fingerprint density at radius 1 is 1.12 bits per heavy atom. The predicted molar refractivity (Wildman–Crippen MR) is 68.2 cm³/mol. The van der Waals surface area contributed by atoms with E-state index in [1.54, 1.807) is 13.2 Å². The summed E-state index contributed by atoms with van der Waals surface area (Å²) in [6.45, 7) is 1.86. The van der Waals surface area contributed by atoms with Gasteiger partial charge in [0.1, 0.15) is 11.6 Å². The van der Waals surface area contributed by atoms with E-state index < -0.39 is 0 Å². The Hall–Kier alpha value is -2.10. The van der Waals surface area contributed by atoms with E-state index in [9.17, 15) is 4.39 Å². The summed E-state index contributed by atoms with van der Waals surface area (Å²) in [5.41, 5.74) is 2.49. The maximum absolute atomic E-state index is 13.2. The zero-order valence-electron chi connectivity index (χ0n) is 9.79. The largest absolute Gasteiger partial charge is 0.373 e. The number of nitrogens with zero attached hydrogens (tertiary/aromatic N) is 1. The minimum Gasteiger partial charge on any atom is -0.373 e. The van der Waals surface area contributed by atoms with E-state index in [1.165, 1.54) is 12.1 Å². The van der Waals surface area contributed by atoms with Crippen molar-refractivity contribution in [1.82, 2.24) is 4.98 Å². The third-order valence-electron chi connectivity index (χ3n) is 2.35. The van der Waals surface area contributed by atoms with Crippen LogP contribution in [-0.2, 0) is 0 Å². The maximum Gasteiger partial charge on any atom is 0.127 e. The average molecular weight is 231 g/mol. The van der Waals surface area contributed by atoms with Crippen molar-refractivity contribution in [2.75, 3.05) is 17.7 Å². The van der Waals surface area contributed by atoms with Gasteiger partial charge in [-0.15, -0.1) is 0 Å². The van der Waals surface area contributed by atoms with Crippen LogP contribution in [0.3, 0.4) is 0 Å². The fraction of sp³-hybridized carbons (Fsp3) is 0.154. The minimum atomic E-state index is -0.240. The molecule has 0 saturated carbocycles. The van der Waals surface area contributed by atoms with Crippen molar-refractivity contribution in [3.8, 4) is 0 Å². The lowest BCUT2D eigenvalue weighted by molar-refractivity contribution is 0.627. The van der Waals surface area contributed by atoms with Crippen molar-refractivity contribution in [3.05, 3.63) is 47.9 Å². The van der Waals surface area contributed by atoms with Gasteiger partial charge >= 0.3 is 0 Å². The van der Waals surface area contributed by atoms with E-state index in [0.717, 1.165) is 22.8 Å². The highest BCUT2D eigenvalue weighted by atomic mass is 19.1. The van der Waals surface area contributed by atoms with Gasteiger partial charge in [-0.25, -0.2) is 9.37 Å². The number of rotatable bonds is 3. The van der Waals surface area contributed by atoms with Gasteiger partial charge < -0.3 is 10.6 Å². The van der Waals surface area contributed by atoms with Crippen molar-refractivity contribution in [2.24, 2.45) is 0 Å². The molecule has 2 rings (SSSR count). The van der Waals surface area contributed by atoms with Crippen LogP contribution in [0.2, 0.25) is 0 Å². The topological polar surface area (TPSA) is 37.0 Å². The summed E-state index contributed by atoms with van der Waals surface area (Å²) in [5.74, 6) is 0.526. The summed E-state index contributed by atoms with van der Waals surface area (Å²) >= 11 is 0. The number of benzene rings is 1. The fourth-order valence-corrected chi connectivity index (χ4v) is 1.62. The molecule has 88 valence electrons. The molecule has 0 aliphatic carbocycles. The molecule has 0 aliphatic heterocycles. The monoisotopic (exact) mass is 231 g/mol. The molecule has 4 heteroatoms. The minimum absolute atomic E-state index is 0.240. The van der Waals surface area contributed by atoms with Crippen LogP contribution in [0.25, 0.3) is 0 Å². The molecule has 1 aromatic heterocycles. The maximum atomic E-state index is 13.2. The first-order valence-electron chi connectivity index (χ1n) is 5.35. The van der Waals surface area contributed by atoms with E-state index in [4.69, 9.17) is 0 Å². The predicted octanol–water partition coefficient (Wildman–Crippen LogP) is 3.31. The SMILES string of the molecule is CNc1cc(Nc2cc(C)cc(F)c2)ccn1. The van der Waals surface area contributed by atoms with E-state index in [2.05, 4.69) is 15.6 Å². The molecular formula is C13H14FN3. The lowest BCUT2D eigenvalue weighted by Gasteiger charge is -2.08. The number of pyridine rings is 1.